The molecule has 0 aliphatic rings. The lowest BCUT2D eigenvalue weighted by Crippen LogP contribution is -2.07. The molecule has 0 fully saturated rings. The number of benzene rings is 1. The molecule has 3 nitrogen and oxygen atoms in total. The molecule has 1 aromatic carbocycles. The van der Waals surface area contributed by atoms with Crippen molar-refractivity contribution in [2.45, 2.75) is 20.4 Å². The van der Waals surface area contributed by atoms with Crippen LogP contribution in [0.2, 0.25) is 5.02 Å². The lowest BCUT2D eigenvalue weighted by Gasteiger charge is -2.11. The van der Waals surface area contributed by atoms with Crippen molar-refractivity contribution in [3.8, 4) is 0 Å². The van der Waals surface area contributed by atoms with Gasteiger partial charge in [-0.1, -0.05) is 11.6 Å². The summed E-state index contributed by atoms with van der Waals surface area (Å²) in [6.07, 6.45) is 0. The largest absolute Gasteiger partial charge is 0.379 e. The summed E-state index contributed by atoms with van der Waals surface area (Å²) in [6, 6.07) is 3.21. The fraction of sp³-hybridized carbons (Fsp3) is 0.308. The molecule has 0 aliphatic carbocycles. The zero-order valence-electron chi connectivity index (χ0n) is 10.9. The molecular formula is C13H14BrClFN3. The quantitative estimate of drug-likeness (QED) is 0.902. The average molecular weight is 347 g/mol. The van der Waals surface area contributed by atoms with E-state index in [1.165, 1.54) is 6.07 Å². The first-order valence-corrected chi connectivity index (χ1v) is 6.94. The van der Waals surface area contributed by atoms with E-state index in [-0.39, 0.29) is 5.82 Å². The highest BCUT2D eigenvalue weighted by Crippen LogP contribution is 2.26. The van der Waals surface area contributed by atoms with Crippen LogP contribution in [0, 0.1) is 19.7 Å². The normalized spacial score (nSPS) is 10.8. The first kappa shape index (κ1) is 14.3. The standard InChI is InChI=1S/C13H14BrClFN3/c1-7-4-10(16)9(14)5-11(7)17-6-12-13(15)8(2)18-19(12)3/h4-5,17H,6H2,1-3H3. The van der Waals surface area contributed by atoms with Gasteiger partial charge in [-0.25, -0.2) is 4.39 Å². The van der Waals surface area contributed by atoms with Gasteiger partial charge in [0.25, 0.3) is 0 Å². The summed E-state index contributed by atoms with van der Waals surface area (Å²) in [4.78, 5) is 0. The van der Waals surface area contributed by atoms with Crippen LogP contribution in [-0.4, -0.2) is 9.78 Å². The molecule has 0 aliphatic heterocycles. The average Bonchev–Trinajstić information content (AvgIpc) is 2.57. The number of nitrogens with zero attached hydrogens (tertiary/aromatic N) is 2. The molecule has 0 atom stereocenters. The van der Waals surface area contributed by atoms with E-state index >= 15 is 0 Å². The molecule has 1 aromatic heterocycles. The van der Waals surface area contributed by atoms with Crippen molar-refractivity contribution in [1.82, 2.24) is 9.78 Å². The van der Waals surface area contributed by atoms with Crippen LogP contribution in [-0.2, 0) is 13.6 Å². The van der Waals surface area contributed by atoms with Crippen LogP contribution in [0.15, 0.2) is 16.6 Å². The van der Waals surface area contributed by atoms with Gasteiger partial charge in [-0.15, -0.1) is 0 Å². The van der Waals surface area contributed by atoms with E-state index in [0.29, 0.717) is 16.0 Å². The predicted octanol–water partition coefficient (Wildman–Crippen LogP) is 4.20. The van der Waals surface area contributed by atoms with Crippen molar-refractivity contribution in [1.29, 1.82) is 0 Å². The topological polar surface area (TPSA) is 29.9 Å². The Labute approximate surface area is 124 Å². The van der Waals surface area contributed by atoms with Gasteiger partial charge in [0.05, 0.1) is 27.4 Å². The van der Waals surface area contributed by atoms with Gasteiger partial charge in [-0.3, -0.25) is 4.68 Å². The van der Waals surface area contributed by atoms with Crippen molar-refractivity contribution >= 4 is 33.2 Å². The number of hydrogen-bond acceptors (Lipinski definition) is 2. The molecule has 102 valence electrons. The Morgan fingerprint density at radius 2 is 2.11 bits per heavy atom. The Morgan fingerprint density at radius 3 is 2.68 bits per heavy atom. The Morgan fingerprint density at radius 1 is 1.42 bits per heavy atom. The van der Waals surface area contributed by atoms with Gasteiger partial charge in [0.2, 0.25) is 0 Å². The number of rotatable bonds is 3. The zero-order chi connectivity index (χ0) is 14.2. The molecule has 0 saturated heterocycles. The molecule has 1 heterocycles. The van der Waals surface area contributed by atoms with E-state index in [1.807, 2.05) is 20.9 Å². The predicted molar refractivity (Wildman–Crippen MR) is 79.1 cm³/mol. The number of aromatic nitrogens is 2. The van der Waals surface area contributed by atoms with E-state index in [1.54, 1.807) is 10.7 Å². The van der Waals surface area contributed by atoms with Gasteiger partial charge in [0, 0.05) is 12.7 Å². The maximum atomic E-state index is 13.3. The summed E-state index contributed by atoms with van der Waals surface area (Å²) < 4.78 is 15.5. The highest BCUT2D eigenvalue weighted by atomic mass is 79.9. The van der Waals surface area contributed by atoms with Crippen LogP contribution < -0.4 is 5.32 Å². The molecule has 2 aromatic rings. The molecule has 0 unspecified atom stereocenters. The SMILES string of the molecule is Cc1cc(F)c(Br)cc1NCc1c(Cl)c(C)nn1C. The number of aryl methyl sites for hydroxylation is 3. The van der Waals surface area contributed by atoms with Crippen LogP contribution >= 0.6 is 27.5 Å². The first-order valence-electron chi connectivity index (χ1n) is 5.77. The number of anilines is 1. The lowest BCUT2D eigenvalue weighted by molar-refractivity contribution is 0.620. The third-order valence-electron chi connectivity index (χ3n) is 2.98. The number of nitrogens with one attached hydrogen (secondary N) is 1. The first-order chi connectivity index (χ1) is 8.90. The van der Waals surface area contributed by atoms with Crippen molar-refractivity contribution in [3.63, 3.8) is 0 Å². The monoisotopic (exact) mass is 345 g/mol. The fourth-order valence-electron chi connectivity index (χ4n) is 1.89. The van der Waals surface area contributed by atoms with E-state index in [0.717, 1.165) is 22.6 Å². The molecular weight excluding hydrogens is 333 g/mol. The third-order valence-corrected chi connectivity index (χ3v) is 4.07. The van der Waals surface area contributed by atoms with Crippen LogP contribution in [0.4, 0.5) is 10.1 Å². The van der Waals surface area contributed by atoms with E-state index in [2.05, 4.69) is 26.3 Å². The van der Waals surface area contributed by atoms with Crippen LogP contribution in [0.5, 0.6) is 0 Å². The van der Waals surface area contributed by atoms with Crippen LogP contribution in [0.25, 0.3) is 0 Å². The van der Waals surface area contributed by atoms with E-state index < -0.39 is 0 Å². The molecule has 0 amide bonds. The number of hydrogen-bond donors (Lipinski definition) is 1. The minimum Gasteiger partial charge on any atom is -0.379 e. The number of halogens is 3. The summed E-state index contributed by atoms with van der Waals surface area (Å²) in [6.45, 7) is 4.26. The molecule has 0 radical (unpaired) electrons. The smallest absolute Gasteiger partial charge is 0.137 e. The molecule has 6 heteroatoms. The molecule has 0 saturated carbocycles. The van der Waals surface area contributed by atoms with Gasteiger partial charge in [-0.05, 0) is 47.5 Å². The summed E-state index contributed by atoms with van der Waals surface area (Å²) >= 11 is 9.36. The summed E-state index contributed by atoms with van der Waals surface area (Å²) in [7, 11) is 1.85. The zero-order valence-corrected chi connectivity index (χ0v) is 13.2. The fourth-order valence-corrected chi connectivity index (χ4v) is 2.46. The Kier molecular flexibility index (Phi) is 4.16. The highest BCUT2D eigenvalue weighted by Gasteiger charge is 2.11. The lowest BCUT2D eigenvalue weighted by atomic mass is 10.2. The minimum atomic E-state index is -0.266. The third kappa shape index (κ3) is 2.92. The Bertz CT molecular complexity index is 625. The highest BCUT2D eigenvalue weighted by molar-refractivity contribution is 9.10. The van der Waals surface area contributed by atoms with Crippen LogP contribution in [0.1, 0.15) is 17.0 Å². The molecule has 0 spiro atoms. The molecule has 19 heavy (non-hydrogen) atoms. The van der Waals surface area contributed by atoms with Crippen molar-refractivity contribution in [2.24, 2.45) is 7.05 Å². The van der Waals surface area contributed by atoms with Gasteiger partial charge < -0.3 is 5.32 Å². The molecule has 2 rings (SSSR count). The van der Waals surface area contributed by atoms with Gasteiger partial charge in [0.1, 0.15) is 5.82 Å². The Hall–Kier alpha value is -1.07. The second-order valence-corrected chi connectivity index (χ2v) is 5.64. The van der Waals surface area contributed by atoms with Crippen molar-refractivity contribution in [2.75, 3.05) is 5.32 Å². The van der Waals surface area contributed by atoms with E-state index in [4.69, 9.17) is 11.6 Å². The van der Waals surface area contributed by atoms with Crippen molar-refractivity contribution < 1.29 is 4.39 Å². The maximum Gasteiger partial charge on any atom is 0.137 e. The van der Waals surface area contributed by atoms with Gasteiger partial charge >= 0.3 is 0 Å². The molecule has 0 bridgehead atoms. The van der Waals surface area contributed by atoms with Crippen LogP contribution in [0.3, 0.4) is 0 Å². The second kappa shape index (κ2) is 5.51. The molecule has 1 N–H and O–H groups in total. The second-order valence-electron chi connectivity index (χ2n) is 4.40. The van der Waals surface area contributed by atoms with Crippen molar-refractivity contribution in [3.05, 3.63) is 44.4 Å². The Balaban J connectivity index is 2.21. The van der Waals surface area contributed by atoms with Gasteiger partial charge in [-0.2, -0.15) is 5.10 Å². The summed E-state index contributed by atoms with van der Waals surface area (Å²) in [5.74, 6) is -0.266. The maximum absolute atomic E-state index is 13.3. The summed E-state index contributed by atoms with van der Waals surface area (Å²) in [5.41, 5.74) is 3.41. The summed E-state index contributed by atoms with van der Waals surface area (Å²) in [5, 5.41) is 8.16. The van der Waals surface area contributed by atoms with Gasteiger partial charge in [0.15, 0.2) is 0 Å². The minimum absolute atomic E-state index is 0.266. The van der Waals surface area contributed by atoms with E-state index in [9.17, 15) is 4.39 Å².